The molecule has 1 rings (SSSR count). The number of benzene rings is 1. The number of hydrogen-bond acceptors (Lipinski definition) is 3. The Kier molecular flexibility index (Phi) is 4.98. The van der Waals surface area contributed by atoms with Gasteiger partial charge in [-0.3, -0.25) is 4.79 Å². The lowest BCUT2D eigenvalue weighted by Gasteiger charge is -2.22. The van der Waals surface area contributed by atoms with Gasteiger partial charge in [0.15, 0.2) is 0 Å². The van der Waals surface area contributed by atoms with Gasteiger partial charge in [0.25, 0.3) is 0 Å². The van der Waals surface area contributed by atoms with Gasteiger partial charge in [-0.1, -0.05) is 26.0 Å². The summed E-state index contributed by atoms with van der Waals surface area (Å²) in [7, 11) is 1.40. The lowest BCUT2D eigenvalue weighted by atomic mass is 9.95. The van der Waals surface area contributed by atoms with Crippen LogP contribution in [-0.2, 0) is 9.53 Å². The summed E-state index contributed by atoms with van der Waals surface area (Å²) in [6, 6.07) is 6.21. The van der Waals surface area contributed by atoms with Crippen LogP contribution in [0, 0.1) is 12.3 Å². The average Bonchev–Trinajstić information content (AvgIpc) is 2.36. The maximum Gasteiger partial charge on any atom is 0.314 e. The molecule has 0 amide bonds. The first-order valence-electron chi connectivity index (χ1n) is 6.59. The van der Waals surface area contributed by atoms with Gasteiger partial charge in [-0.05, 0) is 43.9 Å². The van der Waals surface area contributed by atoms with Crippen molar-refractivity contribution < 1.29 is 14.3 Å². The molecule has 0 spiro atoms. The zero-order valence-corrected chi connectivity index (χ0v) is 12.7. The van der Waals surface area contributed by atoms with E-state index in [0.29, 0.717) is 12.5 Å². The summed E-state index contributed by atoms with van der Waals surface area (Å²) in [4.78, 5) is 11.6. The molecule has 106 valence electrons. The molecule has 3 heteroatoms. The predicted octanol–water partition coefficient (Wildman–Crippen LogP) is 3.70. The van der Waals surface area contributed by atoms with Gasteiger partial charge in [-0.2, -0.15) is 0 Å². The predicted molar refractivity (Wildman–Crippen MR) is 76.6 cm³/mol. The normalized spacial score (nSPS) is 11.5. The van der Waals surface area contributed by atoms with Gasteiger partial charge in [-0.15, -0.1) is 0 Å². The summed E-state index contributed by atoms with van der Waals surface area (Å²) < 4.78 is 10.6. The molecular formula is C16H24O3. The second-order valence-electron chi connectivity index (χ2n) is 5.84. The molecule has 19 heavy (non-hydrogen) atoms. The molecule has 0 saturated heterocycles. The van der Waals surface area contributed by atoms with Crippen LogP contribution in [0.3, 0.4) is 0 Å². The van der Waals surface area contributed by atoms with Crippen molar-refractivity contribution in [2.75, 3.05) is 13.7 Å². The Bertz CT molecular complexity index is 447. The molecule has 0 aromatic heterocycles. The first-order valence-corrected chi connectivity index (χ1v) is 6.59. The van der Waals surface area contributed by atoms with Gasteiger partial charge in [0.2, 0.25) is 0 Å². The van der Waals surface area contributed by atoms with Crippen molar-refractivity contribution in [3.8, 4) is 5.75 Å². The number of carbonyl (C=O) groups is 1. The fraction of sp³-hybridized carbons (Fsp3) is 0.562. The van der Waals surface area contributed by atoms with Gasteiger partial charge >= 0.3 is 5.97 Å². The van der Waals surface area contributed by atoms with Crippen LogP contribution in [0.1, 0.15) is 44.7 Å². The highest BCUT2D eigenvalue weighted by Crippen LogP contribution is 2.26. The fourth-order valence-corrected chi connectivity index (χ4v) is 1.72. The molecule has 0 heterocycles. The SMILES string of the molecule is COC(=O)C(C)(C)COc1cc(C(C)C)ccc1C. The van der Waals surface area contributed by atoms with E-state index in [1.807, 2.05) is 26.8 Å². The molecule has 1 aromatic rings. The van der Waals surface area contributed by atoms with Crippen molar-refractivity contribution >= 4 is 5.97 Å². The second-order valence-corrected chi connectivity index (χ2v) is 5.84. The van der Waals surface area contributed by atoms with Crippen molar-refractivity contribution in [3.05, 3.63) is 29.3 Å². The minimum Gasteiger partial charge on any atom is -0.492 e. The van der Waals surface area contributed by atoms with Crippen LogP contribution < -0.4 is 4.74 Å². The monoisotopic (exact) mass is 264 g/mol. The smallest absolute Gasteiger partial charge is 0.314 e. The number of aryl methyl sites for hydroxylation is 1. The lowest BCUT2D eigenvalue weighted by Crippen LogP contribution is -2.32. The average molecular weight is 264 g/mol. The van der Waals surface area contributed by atoms with E-state index < -0.39 is 5.41 Å². The van der Waals surface area contributed by atoms with Crippen LogP contribution in [0.5, 0.6) is 5.75 Å². The molecule has 0 atom stereocenters. The summed E-state index contributed by atoms with van der Waals surface area (Å²) in [6.07, 6.45) is 0. The van der Waals surface area contributed by atoms with Crippen LogP contribution in [-0.4, -0.2) is 19.7 Å². The first kappa shape index (κ1) is 15.5. The Morgan fingerprint density at radius 1 is 1.32 bits per heavy atom. The maximum atomic E-state index is 11.6. The third-order valence-electron chi connectivity index (χ3n) is 3.21. The van der Waals surface area contributed by atoms with Gasteiger partial charge in [0.05, 0.1) is 12.5 Å². The van der Waals surface area contributed by atoms with Crippen molar-refractivity contribution in [2.24, 2.45) is 5.41 Å². The topological polar surface area (TPSA) is 35.5 Å². The Balaban J connectivity index is 2.83. The number of hydrogen-bond donors (Lipinski definition) is 0. The summed E-state index contributed by atoms with van der Waals surface area (Å²) >= 11 is 0. The molecule has 0 bridgehead atoms. The highest BCUT2D eigenvalue weighted by molar-refractivity contribution is 5.75. The summed E-state index contributed by atoms with van der Waals surface area (Å²) in [5.74, 6) is 1.03. The molecule has 0 radical (unpaired) electrons. The van der Waals surface area contributed by atoms with Gasteiger partial charge in [0.1, 0.15) is 12.4 Å². The molecule has 0 aliphatic heterocycles. The van der Waals surface area contributed by atoms with E-state index in [1.165, 1.54) is 12.7 Å². The molecule has 0 unspecified atom stereocenters. The largest absolute Gasteiger partial charge is 0.492 e. The molecule has 0 saturated carbocycles. The quantitative estimate of drug-likeness (QED) is 0.761. The van der Waals surface area contributed by atoms with E-state index in [4.69, 9.17) is 9.47 Å². The third-order valence-corrected chi connectivity index (χ3v) is 3.21. The van der Waals surface area contributed by atoms with E-state index in [1.54, 1.807) is 0 Å². The molecular weight excluding hydrogens is 240 g/mol. The van der Waals surface area contributed by atoms with Crippen LogP contribution in [0.2, 0.25) is 0 Å². The van der Waals surface area contributed by atoms with Gasteiger partial charge in [0, 0.05) is 0 Å². The third kappa shape index (κ3) is 3.98. The van der Waals surface area contributed by atoms with Crippen LogP contribution >= 0.6 is 0 Å². The van der Waals surface area contributed by atoms with Crippen LogP contribution in [0.15, 0.2) is 18.2 Å². The molecule has 0 aliphatic rings. The molecule has 0 aliphatic carbocycles. The van der Waals surface area contributed by atoms with Crippen molar-refractivity contribution in [3.63, 3.8) is 0 Å². The van der Waals surface area contributed by atoms with E-state index in [9.17, 15) is 4.79 Å². The number of ether oxygens (including phenoxy) is 2. The second kappa shape index (κ2) is 6.09. The zero-order chi connectivity index (χ0) is 14.6. The molecule has 1 aromatic carbocycles. The van der Waals surface area contributed by atoms with E-state index in [0.717, 1.165) is 11.3 Å². The molecule has 0 fully saturated rings. The standard InChI is InChI=1S/C16H24O3/c1-11(2)13-8-7-12(3)14(9-13)19-10-16(4,5)15(17)18-6/h7-9,11H,10H2,1-6H3. The van der Waals surface area contributed by atoms with Gasteiger partial charge < -0.3 is 9.47 Å². The highest BCUT2D eigenvalue weighted by atomic mass is 16.5. The zero-order valence-electron chi connectivity index (χ0n) is 12.7. The van der Waals surface area contributed by atoms with E-state index >= 15 is 0 Å². The van der Waals surface area contributed by atoms with Crippen LogP contribution in [0.4, 0.5) is 0 Å². The maximum absolute atomic E-state index is 11.6. The van der Waals surface area contributed by atoms with Crippen molar-refractivity contribution in [1.29, 1.82) is 0 Å². The minimum atomic E-state index is -0.644. The molecule has 3 nitrogen and oxygen atoms in total. The number of rotatable bonds is 5. The Morgan fingerprint density at radius 3 is 2.47 bits per heavy atom. The first-order chi connectivity index (χ1) is 8.77. The minimum absolute atomic E-state index is 0.259. The fourth-order valence-electron chi connectivity index (χ4n) is 1.72. The van der Waals surface area contributed by atoms with E-state index in [2.05, 4.69) is 26.0 Å². The van der Waals surface area contributed by atoms with Crippen LogP contribution in [0.25, 0.3) is 0 Å². The van der Waals surface area contributed by atoms with Gasteiger partial charge in [-0.25, -0.2) is 0 Å². The number of esters is 1. The molecule has 0 N–H and O–H groups in total. The van der Waals surface area contributed by atoms with E-state index in [-0.39, 0.29) is 5.97 Å². The lowest BCUT2D eigenvalue weighted by molar-refractivity contribution is -0.152. The summed E-state index contributed by atoms with van der Waals surface area (Å²) in [5.41, 5.74) is 1.66. The van der Waals surface area contributed by atoms with Crippen molar-refractivity contribution in [2.45, 2.75) is 40.5 Å². The summed E-state index contributed by atoms with van der Waals surface area (Å²) in [6.45, 7) is 10.2. The number of methoxy groups -OCH3 is 1. The Morgan fingerprint density at radius 2 is 1.95 bits per heavy atom. The Hall–Kier alpha value is -1.51. The Labute approximate surface area is 115 Å². The highest BCUT2D eigenvalue weighted by Gasteiger charge is 2.29. The van der Waals surface area contributed by atoms with Crippen molar-refractivity contribution in [1.82, 2.24) is 0 Å². The number of carbonyl (C=O) groups excluding carboxylic acids is 1. The summed E-state index contributed by atoms with van der Waals surface area (Å²) in [5, 5.41) is 0.